The predicted octanol–water partition coefficient (Wildman–Crippen LogP) is 2.57. The highest BCUT2D eigenvalue weighted by molar-refractivity contribution is 5.15. The normalized spacial score (nSPS) is 11.5. The Morgan fingerprint density at radius 1 is 1.18 bits per heavy atom. The molecule has 0 aromatic carbocycles. The van der Waals surface area contributed by atoms with E-state index >= 15 is 0 Å². The van der Waals surface area contributed by atoms with Crippen LogP contribution in [0.2, 0.25) is 0 Å². The number of aromatic nitrogens is 1. The van der Waals surface area contributed by atoms with Gasteiger partial charge in [-0.1, -0.05) is 0 Å². The first-order valence-electron chi connectivity index (χ1n) is 4.86. The van der Waals surface area contributed by atoms with E-state index in [1.54, 1.807) is 0 Å². The Morgan fingerprint density at radius 3 is 2.53 bits per heavy atom. The molecular formula is C10H11F4NO2. The van der Waals surface area contributed by atoms with Crippen LogP contribution in [0.15, 0.2) is 18.3 Å². The first-order valence-corrected chi connectivity index (χ1v) is 4.86. The molecule has 0 atom stereocenters. The highest BCUT2D eigenvalue weighted by Gasteiger charge is 2.27. The van der Waals surface area contributed by atoms with E-state index in [2.05, 4.69) is 9.72 Å². The van der Waals surface area contributed by atoms with Crippen molar-refractivity contribution in [2.45, 2.75) is 12.6 Å². The van der Waals surface area contributed by atoms with E-state index < -0.39 is 18.7 Å². The summed E-state index contributed by atoms with van der Waals surface area (Å²) in [4.78, 5) is 3.35. The van der Waals surface area contributed by atoms with Crippen LogP contribution in [0.5, 0.6) is 5.75 Å². The third-order valence-electron chi connectivity index (χ3n) is 1.67. The van der Waals surface area contributed by atoms with Crippen molar-refractivity contribution in [3.05, 3.63) is 24.3 Å². The molecule has 0 fully saturated rings. The Hall–Kier alpha value is -1.37. The van der Waals surface area contributed by atoms with Crippen molar-refractivity contribution < 1.29 is 27.0 Å². The van der Waals surface area contributed by atoms with Gasteiger partial charge in [0.2, 0.25) is 5.95 Å². The van der Waals surface area contributed by atoms with Gasteiger partial charge in [-0.15, -0.1) is 0 Å². The molecule has 0 radical (unpaired) electrons. The topological polar surface area (TPSA) is 31.4 Å². The maximum absolute atomic E-state index is 12.4. The molecule has 3 nitrogen and oxygen atoms in total. The molecule has 0 bridgehead atoms. The quantitative estimate of drug-likeness (QED) is 0.443. The van der Waals surface area contributed by atoms with Gasteiger partial charge in [-0.25, -0.2) is 4.98 Å². The molecule has 7 heteroatoms. The molecule has 0 saturated carbocycles. The molecule has 1 aromatic heterocycles. The first kappa shape index (κ1) is 13.7. The van der Waals surface area contributed by atoms with Gasteiger partial charge in [0, 0.05) is 6.42 Å². The van der Waals surface area contributed by atoms with E-state index in [-0.39, 0.29) is 13.2 Å². The first-order chi connectivity index (χ1) is 7.97. The van der Waals surface area contributed by atoms with Crippen LogP contribution in [0.1, 0.15) is 6.42 Å². The van der Waals surface area contributed by atoms with Crippen molar-refractivity contribution in [2.75, 3.05) is 19.8 Å². The second kappa shape index (κ2) is 6.39. The van der Waals surface area contributed by atoms with Crippen molar-refractivity contribution in [1.82, 2.24) is 4.98 Å². The fourth-order valence-electron chi connectivity index (χ4n) is 0.987. The monoisotopic (exact) mass is 253 g/mol. The number of halogens is 4. The van der Waals surface area contributed by atoms with Crippen LogP contribution in [-0.2, 0) is 4.74 Å². The molecule has 0 amide bonds. The highest BCUT2D eigenvalue weighted by atomic mass is 19.4. The van der Waals surface area contributed by atoms with E-state index in [1.165, 1.54) is 12.3 Å². The van der Waals surface area contributed by atoms with Crippen LogP contribution in [0.25, 0.3) is 0 Å². The number of rotatable bonds is 6. The summed E-state index contributed by atoms with van der Waals surface area (Å²) in [6, 6.07) is 2.52. The van der Waals surface area contributed by atoms with Crippen LogP contribution in [-0.4, -0.2) is 31.0 Å². The number of hydrogen-bond acceptors (Lipinski definition) is 3. The summed E-state index contributed by atoms with van der Waals surface area (Å²) < 4.78 is 56.9. The van der Waals surface area contributed by atoms with Crippen LogP contribution < -0.4 is 4.74 Å². The summed E-state index contributed by atoms with van der Waals surface area (Å²) in [7, 11) is 0. The Balaban J connectivity index is 2.07. The van der Waals surface area contributed by atoms with Crippen molar-refractivity contribution in [3.63, 3.8) is 0 Å². The largest absolute Gasteiger partial charge is 0.492 e. The molecule has 1 heterocycles. The molecule has 0 saturated heterocycles. The molecule has 0 aliphatic rings. The lowest BCUT2D eigenvalue weighted by Crippen LogP contribution is -2.18. The Bertz CT molecular complexity index is 326. The standard InChI is InChI=1S/C10H11F4NO2/c11-9-3-2-8(6-15-9)17-5-1-4-16-7-10(12,13)14/h2-3,6H,1,4-5,7H2. The summed E-state index contributed by atoms with van der Waals surface area (Å²) in [5, 5.41) is 0. The number of ether oxygens (including phenoxy) is 2. The van der Waals surface area contributed by atoms with Crippen LogP contribution in [0.4, 0.5) is 17.6 Å². The Labute approximate surface area is 95.4 Å². The molecule has 0 spiro atoms. The second-order valence-corrected chi connectivity index (χ2v) is 3.19. The Morgan fingerprint density at radius 2 is 1.94 bits per heavy atom. The highest BCUT2D eigenvalue weighted by Crippen LogP contribution is 2.14. The van der Waals surface area contributed by atoms with Gasteiger partial charge in [-0.2, -0.15) is 17.6 Å². The maximum Gasteiger partial charge on any atom is 0.411 e. The fraction of sp³-hybridized carbons (Fsp3) is 0.500. The summed E-state index contributed by atoms with van der Waals surface area (Å²) in [5.41, 5.74) is 0. The lowest BCUT2D eigenvalue weighted by Gasteiger charge is -2.08. The molecule has 0 aliphatic carbocycles. The van der Waals surface area contributed by atoms with Crippen molar-refractivity contribution in [3.8, 4) is 5.75 Å². The average molecular weight is 253 g/mol. The minimum Gasteiger partial charge on any atom is -0.492 e. The lowest BCUT2D eigenvalue weighted by molar-refractivity contribution is -0.174. The Kier molecular flexibility index (Phi) is 5.14. The van der Waals surface area contributed by atoms with Crippen LogP contribution >= 0.6 is 0 Å². The van der Waals surface area contributed by atoms with Gasteiger partial charge in [0.15, 0.2) is 0 Å². The molecule has 96 valence electrons. The van der Waals surface area contributed by atoms with Crippen LogP contribution in [0.3, 0.4) is 0 Å². The fourth-order valence-corrected chi connectivity index (χ4v) is 0.987. The van der Waals surface area contributed by atoms with Crippen LogP contribution in [0, 0.1) is 5.95 Å². The molecule has 17 heavy (non-hydrogen) atoms. The molecular weight excluding hydrogens is 242 g/mol. The summed E-state index contributed by atoms with van der Waals surface area (Å²) in [6.45, 7) is -1.12. The SMILES string of the molecule is Fc1ccc(OCCCOCC(F)(F)F)cn1. The maximum atomic E-state index is 12.4. The third-order valence-corrected chi connectivity index (χ3v) is 1.67. The minimum atomic E-state index is -4.30. The smallest absolute Gasteiger partial charge is 0.411 e. The van der Waals surface area contributed by atoms with Gasteiger partial charge < -0.3 is 9.47 Å². The molecule has 0 unspecified atom stereocenters. The number of pyridine rings is 1. The molecule has 0 N–H and O–H groups in total. The van der Waals surface area contributed by atoms with E-state index in [0.29, 0.717) is 12.2 Å². The van der Waals surface area contributed by atoms with E-state index in [4.69, 9.17) is 4.74 Å². The molecule has 1 rings (SSSR count). The zero-order valence-electron chi connectivity index (χ0n) is 8.84. The van der Waals surface area contributed by atoms with Gasteiger partial charge in [-0.05, 0) is 12.1 Å². The number of nitrogens with zero attached hydrogens (tertiary/aromatic N) is 1. The van der Waals surface area contributed by atoms with Gasteiger partial charge in [0.25, 0.3) is 0 Å². The van der Waals surface area contributed by atoms with Crippen molar-refractivity contribution in [1.29, 1.82) is 0 Å². The number of alkyl halides is 3. The third kappa shape index (κ3) is 6.72. The van der Waals surface area contributed by atoms with Gasteiger partial charge in [0.1, 0.15) is 12.4 Å². The van der Waals surface area contributed by atoms with Gasteiger partial charge >= 0.3 is 6.18 Å². The van der Waals surface area contributed by atoms with E-state index in [9.17, 15) is 17.6 Å². The predicted molar refractivity (Wildman–Crippen MR) is 51.2 cm³/mol. The zero-order chi connectivity index (χ0) is 12.7. The molecule has 0 aliphatic heterocycles. The van der Waals surface area contributed by atoms with Gasteiger partial charge in [-0.3, -0.25) is 0 Å². The molecule has 1 aromatic rings. The summed E-state index contributed by atoms with van der Waals surface area (Å²) >= 11 is 0. The van der Waals surface area contributed by atoms with E-state index in [1.807, 2.05) is 0 Å². The van der Waals surface area contributed by atoms with Crippen molar-refractivity contribution in [2.24, 2.45) is 0 Å². The second-order valence-electron chi connectivity index (χ2n) is 3.19. The van der Waals surface area contributed by atoms with Gasteiger partial charge in [0.05, 0.1) is 19.4 Å². The summed E-state index contributed by atoms with van der Waals surface area (Å²) in [6.07, 6.45) is -2.79. The minimum absolute atomic E-state index is 0.0475. The summed E-state index contributed by atoms with van der Waals surface area (Å²) in [5.74, 6) is -0.256. The number of hydrogen-bond donors (Lipinski definition) is 0. The lowest BCUT2D eigenvalue weighted by atomic mass is 10.4. The van der Waals surface area contributed by atoms with Crippen molar-refractivity contribution >= 4 is 0 Å². The average Bonchev–Trinajstić information content (AvgIpc) is 2.24. The zero-order valence-corrected chi connectivity index (χ0v) is 8.84. The van der Waals surface area contributed by atoms with E-state index in [0.717, 1.165) is 6.07 Å².